The topological polar surface area (TPSA) is 62.2 Å². The smallest absolute Gasteiger partial charge is 0.339 e. The normalized spacial score (nSPS) is 33.1. The highest BCUT2D eigenvalue weighted by molar-refractivity contribution is 5.93. The fourth-order valence-electron chi connectivity index (χ4n) is 4.64. The third-order valence-electron chi connectivity index (χ3n) is 5.82. The molecule has 0 aliphatic heterocycles. The summed E-state index contributed by atoms with van der Waals surface area (Å²) in [5, 5.41) is 12.9. The molecule has 2 saturated carbocycles. The molecule has 0 spiro atoms. The lowest BCUT2D eigenvalue weighted by molar-refractivity contribution is 0.0697. The molecule has 114 valence electrons. The van der Waals surface area contributed by atoms with E-state index >= 15 is 0 Å². The van der Waals surface area contributed by atoms with E-state index in [4.69, 9.17) is 0 Å². The molecule has 0 radical (unpaired) electrons. The molecule has 4 heteroatoms. The van der Waals surface area contributed by atoms with E-state index in [0.717, 1.165) is 11.6 Å². The maximum Gasteiger partial charge on any atom is 0.339 e. The fourth-order valence-corrected chi connectivity index (χ4v) is 4.64. The number of hydrogen-bond donors (Lipinski definition) is 2. The van der Waals surface area contributed by atoms with Gasteiger partial charge in [-0.15, -0.1) is 0 Å². The Labute approximate surface area is 126 Å². The average Bonchev–Trinajstić information content (AvgIpc) is 2.85. The van der Waals surface area contributed by atoms with Gasteiger partial charge in [0.25, 0.3) is 0 Å². The highest BCUT2D eigenvalue weighted by Crippen LogP contribution is 2.63. The van der Waals surface area contributed by atoms with E-state index in [0.29, 0.717) is 5.82 Å². The zero-order valence-electron chi connectivity index (χ0n) is 13.2. The number of fused-ring (bicyclic) bond motifs is 2. The van der Waals surface area contributed by atoms with Gasteiger partial charge >= 0.3 is 5.97 Å². The van der Waals surface area contributed by atoms with Crippen LogP contribution >= 0.6 is 0 Å². The van der Waals surface area contributed by atoms with E-state index in [1.54, 1.807) is 12.1 Å². The number of nitrogens with one attached hydrogen (secondary N) is 1. The van der Waals surface area contributed by atoms with Gasteiger partial charge in [-0.2, -0.15) is 0 Å². The number of aromatic carboxylic acids is 1. The number of aryl methyl sites for hydroxylation is 1. The minimum absolute atomic E-state index is 0.175. The molecular formula is C17H24N2O2. The third kappa shape index (κ3) is 2.12. The zero-order chi connectivity index (χ0) is 15.4. The molecule has 0 saturated heterocycles. The van der Waals surface area contributed by atoms with Crippen LogP contribution in [0.15, 0.2) is 12.1 Å². The van der Waals surface area contributed by atoms with Crippen LogP contribution in [-0.4, -0.2) is 22.1 Å². The van der Waals surface area contributed by atoms with Gasteiger partial charge in [0, 0.05) is 11.7 Å². The van der Waals surface area contributed by atoms with Crippen LogP contribution in [0.5, 0.6) is 0 Å². The van der Waals surface area contributed by atoms with Gasteiger partial charge < -0.3 is 10.4 Å². The van der Waals surface area contributed by atoms with Gasteiger partial charge in [-0.25, -0.2) is 9.78 Å². The Bertz CT molecular complexity index is 592. The Morgan fingerprint density at radius 3 is 2.67 bits per heavy atom. The van der Waals surface area contributed by atoms with Crippen molar-refractivity contribution >= 4 is 11.8 Å². The average molecular weight is 288 g/mol. The number of nitrogens with zero attached hydrogens (tertiary/aromatic N) is 1. The molecule has 0 aromatic carbocycles. The van der Waals surface area contributed by atoms with Crippen molar-refractivity contribution in [1.82, 2.24) is 4.98 Å². The number of carbonyl (C=O) groups is 1. The van der Waals surface area contributed by atoms with E-state index < -0.39 is 5.97 Å². The van der Waals surface area contributed by atoms with Crippen molar-refractivity contribution in [2.45, 2.75) is 53.0 Å². The summed E-state index contributed by atoms with van der Waals surface area (Å²) in [6, 6.07) is 3.67. The first-order valence-corrected chi connectivity index (χ1v) is 7.71. The molecule has 21 heavy (non-hydrogen) atoms. The molecule has 2 aliphatic rings. The second kappa shape index (κ2) is 4.46. The number of carboxylic acids is 1. The van der Waals surface area contributed by atoms with Gasteiger partial charge in [-0.1, -0.05) is 20.8 Å². The standard InChI is InChI=1S/C17H24N2O2/c1-10-5-6-12(14(20)21)13(18-10)19-15-16(2,3)11-7-8-17(15,4)9-11/h5-6,11,15H,7-9H2,1-4H3,(H,18,19)(H,20,21). The lowest BCUT2D eigenvalue weighted by Crippen LogP contribution is -2.46. The summed E-state index contributed by atoms with van der Waals surface area (Å²) in [5.41, 5.74) is 1.53. The van der Waals surface area contributed by atoms with Crippen molar-refractivity contribution < 1.29 is 9.90 Å². The number of pyridine rings is 1. The van der Waals surface area contributed by atoms with Gasteiger partial charge in [-0.3, -0.25) is 0 Å². The first kappa shape index (κ1) is 14.4. The number of aromatic nitrogens is 1. The van der Waals surface area contributed by atoms with E-state index in [2.05, 4.69) is 31.1 Å². The summed E-state index contributed by atoms with van der Waals surface area (Å²) >= 11 is 0. The molecule has 1 aromatic rings. The first-order chi connectivity index (χ1) is 9.74. The molecule has 2 fully saturated rings. The predicted octanol–water partition coefficient (Wildman–Crippen LogP) is 3.71. The number of rotatable bonds is 3. The van der Waals surface area contributed by atoms with Gasteiger partial charge in [0.2, 0.25) is 0 Å². The largest absolute Gasteiger partial charge is 0.478 e. The highest BCUT2D eigenvalue weighted by Gasteiger charge is 2.59. The lowest BCUT2D eigenvalue weighted by atomic mass is 9.68. The van der Waals surface area contributed by atoms with Crippen molar-refractivity contribution in [3.05, 3.63) is 23.4 Å². The molecule has 1 heterocycles. The Balaban J connectivity index is 1.97. The Morgan fingerprint density at radius 1 is 1.38 bits per heavy atom. The van der Waals surface area contributed by atoms with Crippen molar-refractivity contribution in [2.24, 2.45) is 16.7 Å². The van der Waals surface area contributed by atoms with Crippen LogP contribution in [0.25, 0.3) is 0 Å². The van der Waals surface area contributed by atoms with Crippen LogP contribution in [0.4, 0.5) is 5.82 Å². The van der Waals surface area contributed by atoms with Crippen LogP contribution < -0.4 is 5.32 Å². The second-order valence-electron chi connectivity index (χ2n) is 7.65. The summed E-state index contributed by atoms with van der Waals surface area (Å²) in [4.78, 5) is 15.9. The van der Waals surface area contributed by atoms with E-state index in [9.17, 15) is 9.90 Å². The van der Waals surface area contributed by atoms with Crippen LogP contribution in [0.3, 0.4) is 0 Å². The highest BCUT2D eigenvalue weighted by atomic mass is 16.4. The van der Waals surface area contributed by atoms with Crippen molar-refractivity contribution in [2.75, 3.05) is 5.32 Å². The van der Waals surface area contributed by atoms with Crippen molar-refractivity contribution in [3.63, 3.8) is 0 Å². The Kier molecular flexibility index (Phi) is 3.05. The molecular weight excluding hydrogens is 264 g/mol. The lowest BCUT2D eigenvalue weighted by Gasteiger charge is -2.43. The number of anilines is 1. The SMILES string of the molecule is Cc1ccc(C(=O)O)c(NC2C3(C)CCC(C3)C2(C)C)n1. The summed E-state index contributed by atoms with van der Waals surface area (Å²) in [7, 11) is 0. The minimum Gasteiger partial charge on any atom is -0.478 e. The van der Waals surface area contributed by atoms with Gasteiger partial charge in [-0.05, 0) is 55.1 Å². The predicted molar refractivity (Wildman–Crippen MR) is 82.6 cm³/mol. The summed E-state index contributed by atoms with van der Waals surface area (Å²) in [6.45, 7) is 8.83. The van der Waals surface area contributed by atoms with Gasteiger partial charge in [0.15, 0.2) is 0 Å². The number of carboxylic acid groups (broad SMARTS) is 1. The van der Waals surface area contributed by atoms with E-state index in [-0.39, 0.29) is 22.4 Å². The van der Waals surface area contributed by atoms with Crippen molar-refractivity contribution in [3.8, 4) is 0 Å². The molecule has 3 atom stereocenters. The van der Waals surface area contributed by atoms with Gasteiger partial charge in [0.05, 0.1) is 0 Å². The molecule has 4 nitrogen and oxygen atoms in total. The van der Waals surface area contributed by atoms with E-state index in [1.165, 1.54) is 19.3 Å². The number of hydrogen-bond acceptors (Lipinski definition) is 3. The van der Waals surface area contributed by atoms with E-state index in [1.807, 2.05) is 6.92 Å². The maximum atomic E-state index is 11.4. The summed E-state index contributed by atoms with van der Waals surface area (Å²) in [5.74, 6) is 0.323. The molecule has 2 bridgehead atoms. The molecule has 2 N–H and O–H groups in total. The van der Waals surface area contributed by atoms with Gasteiger partial charge in [0.1, 0.15) is 11.4 Å². The van der Waals surface area contributed by atoms with Crippen LogP contribution in [0, 0.1) is 23.7 Å². The minimum atomic E-state index is -0.920. The fraction of sp³-hybridized carbons (Fsp3) is 0.647. The Hall–Kier alpha value is -1.58. The van der Waals surface area contributed by atoms with Crippen molar-refractivity contribution in [1.29, 1.82) is 0 Å². The van der Waals surface area contributed by atoms with Crippen LogP contribution in [0.2, 0.25) is 0 Å². The maximum absolute atomic E-state index is 11.4. The van der Waals surface area contributed by atoms with Crippen LogP contribution in [0.1, 0.15) is 56.1 Å². The summed E-state index contributed by atoms with van der Waals surface area (Å²) < 4.78 is 0. The third-order valence-corrected chi connectivity index (χ3v) is 5.82. The zero-order valence-corrected chi connectivity index (χ0v) is 13.2. The monoisotopic (exact) mass is 288 g/mol. The molecule has 1 aromatic heterocycles. The quantitative estimate of drug-likeness (QED) is 0.890. The first-order valence-electron chi connectivity index (χ1n) is 7.71. The van der Waals surface area contributed by atoms with Crippen LogP contribution in [-0.2, 0) is 0 Å². The molecule has 3 unspecified atom stereocenters. The summed E-state index contributed by atoms with van der Waals surface area (Å²) in [6.07, 6.45) is 3.73. The Morgan fingerprint density at radius 2 is 2.10 bits per heavy atom. The molecule has 0 amide bonds. The molecule has 2 aliphatic carbocycles. The molecule has 3 rings (SSSR count). The second-order valence-corrected chi connectivity index (χ2v) is 7.65.